The smallest absolute Gasteiger partial charge is 0.253 e. The maximum absolute atomic E-state index is 12.5. The predicted molar refractivity (Wildman–Crippen MR) is 44.3 cm³/mol. The predicted octanol–water partition coefficient (Wildman–Crippen LogP) is 1.39. The Bertz CT molecular complexity index is 317. The van der Waals surface area contributed by atoms with E-state index in [1.165, 1.54) is 0 Å². The molecule has 3 N–H and O–H groups in total. The number of aromatic hydroxyl groups is 1. The van der Waals surface area contributed by atoms with Gasteiger partial charge in [0.05, 0.1) is 5.56 Å². The van der Waals surface area contributed by atoms with Gasteiger partial charge in [0, 0.05) is 10.5 Å². The summed E-state index contributed by atoms with van der Waals surface area (Å²) in [4.78, 5) is 10.7. The molecule has 1 rings (SSSR count). The second-order valence-electron chi connectivity index (χ2n) is 2.15. The van der Waals surface area contributed by atoms with Crippen LogP contribution in [0, 0.1) is 5.82 Å². The number of nitrogens with two attached hydrogens (primary N) is 1. The molecule has 0 fully saturated rings. The van der Waals surface area contributed by atoms with Gasteiger partial charge in [-0.05, 0) is 22.0 Å². The van der Waals surface area contributed by atoms with Crippen molar-refractivity contribution < 1.29 is 14.3 Å². The van der Waals surface area contributed by atoms with E-state index in [0.717, 1.165) is 12.1 Å². The van der Waals surface area contributed by atoms with Gasteiger partial charge in [-0.2, -0.15) is 0 Å². The van der Waals surface area contributed by atoms with Crippen molar-refractivity contribution in [2.45, 2.75) is 0 Å². The van der Waals surface area contributed by atoms with E-state index < -0.39 is 17.5 Å². The molecule has 0 saturated heterocycles. The lowest BCUT2D eigenvalue weighted by atomic mass is 10.2. The van der Waals surface area contributed by atoms with Crippen LogP contribution in [0.3, 0.4) is 0 Å². The van der Waals surface area contributed by atoms with Gasteiger partial charge in [0.1, 0.15) is 11.6 Å². The van der Waals surface area contributed by atoms with Gasteiger partial charge in [-0.15, -0.1) is 0 Å². The summed E-state index contributed by atoms with van der Waals surface area (Å²) in [6, 6.07) is 1.88. The summed E-state index contributed by atoms with van der Waals surface area (Å²) < 4.78 is 12.7. The number of hydrogen-bond donors (Lipinski definition) is 2. The van der Waals surface area contributed by atoms with Crippen LogP contribution in [-0.4, -0.2) is 11.0 Å². The number of rotatable bonds is 1. The number of hydrogen-bond acceptors (Lipinski definition) is 2. The Morgan fingerprint density at radius 3 is 2.58 bits per heavy atom. The quantitative estimate of drug-likeness (QED) is 0.771. The minimum Gasteiger partial charge on any atom is -0.507 e. The van der Waals surface area contributed by atoms with Gasteiger partial charge in [0.15, 0.2) is 0 Å². The molecule has 0 aliphatic rings. The van der Waals surface area contributed by atoms with Gasteiger partial charge in [0.25, 0.3) is 5.91 Å². The summed E-state index contributed by atoms with van der Waals surface area (Å²) >= 11 is 2.90. The van der Waals surface area contributed by atoms with Crippen molar-refractivity contribution in [2.75, 3.05) is 0 Å². The van der Waals surface area contributed by atoms with E-state index in [2.05, 4.69) is 15.9 Å². The molecule has 0 aliphatic heterocycles. The van der Waals surface area contributed by atoms with Crippen LogP contribution in [-0.2, 0) is 0 Å². The molecule has 0 radical (unpaired) electrons. The van der Waals surface area contributed by atoms with E-state index >= 15 is 0 Å². The van der Waals surface area contributed by atoms with E-state index in [0.29, 0.717) is 0 Å². The molecule has 12 heavy (non-hydrogen) atoms. The third kappa shape index (κ3) is 1.55. The molecular weight excluding hydrogens is 229 g/mol. The van der Waals surface area contributed by atoms with Gasteiger partial charge in [-0.1, -0.05) is 0 Å². The molecule has 0 spiro atoms. The topological polar surface area (TPSA) is 63.3 Å². The zero-order valence-corrected chi connectivity index (χ0v) is 7.43. The van der Waals surface area contributed by atoms with Gasteiger partial charge in [0.2, 0.25) is 0 Å². The summed E-state index contributed by atoms with van der Waals surface area (Å²) in [5.41, 5.74) is 4.80. The van der Waals surface area contributed by atoms with E-state index in [4.69, 9.17) is 10.8 Å². The fraction of sp³-hybridized carbons (Fsp3) is 0. The fourth-order valence-corrected chi connectivity index (χ4v) is 1.42. The zero-order chi connectivity index (χ0) is 9.30. The molecule has 1 aromatic rings. The third-order valence-electron chi connectivity index (χ3n) is 1.28. The maximum atomic E-state index is 12.5. The third-order valence-corrected chi connectivity index (χ3v) is 1.91. The summed E-state index contributed by atoms with van der Waals surface area (Å²) in [6.07, 6.45) is 0. The minimum absolute atomic E-state index is 0.114. The monoisotopic (exact) mass is 233 g/mol. The van der Waals surface area contributed by atoms with Crippen molar-refractivity contribution in [3.63, 3.8) is 0 Å². The van der Waals surface area contributed by atoms with Crippen LogP contribution in [0.1, 0.15) is 10.4 Å². The Morgan fingerprint density at radius 1 is 1.58 bits per heavy atom. The first-order valence-corrected chi connectivity index (χ1v) is 3.79. The van der Waals surface area contributed by atoms with Crippen LogP contribution >= 0.6 is 15.9 Å². The molecule has 1 aromatic carbocycles. The highest BCUT2D eigenvalue weighted by molar-refractivity contribution is 9.10. The molecule has 1 amide bonds. The molecule has 3 nitrogen and oxygen atoms in total. The summed E-state index contributed by atoms with van der Waals surface area (Å²) in [7, 11) is 0. The standard InChI is InChI=1S/C7H5BrFNO2/c8-4-1-3(9)2-5(11)6(4)7(10)12/h1-2,11H,(H2,10,12). The molecule has 64 valence electrons. The molecule has 0 atom stereocenters. The van der Waals surface area contributed by atoms with Gasteiger partial charge in [-0.25, -0.2) is 4.39 Å². The second kappa shape index (κ2) is 3.10. The van der Waals surface area contributed by atoms with Crippen molar-refractivity contribution in [3.05, 3.63) is 28.0 Å². The largest absolute Gasteiger partial charge is 0.507 e. The molecule has 0 aromatic heterocycles. The van der Waals surface area contributed by atoms with Crippen molar-refractivity contribution in [1.82, 2.24) is 0 Å². The van der Waals surface area contributed by atoms with Crippen molar-refractivity contribution in [3.8, 4) is 5.75 Å². The minimum atomic E-state index is -0.806. The lowest BCUT2D eigenvalue weighted by Crippen LogP contribution is -2.12. The van der Waals surface area contributed by atoms with Gasteiger partial charge >= 0.3 is 0 Å². The van der Waals surface area contributed by atoms with E-state index in [9.17, 15) is 9.18 Å². The van der Waals surface area contributed by atoms with E-state index in [1.807, 2.05) is 0 Å². The van der Waals surface area contributed by atoms with Crippen LogP contribution in [0.2, 0.25) is 0 Å². The highest BCUT2D eigenvalue weighted by Gasteiger charge is 2.13. The van der Waals surface area contributed by atoms with E-state index in [1.54, 1.807) is 0 Å². The van der Waals surface area contributed by atoms with Crippen molar-refractivity contribution >= 4 is 21.8 Å². The fourth-order valence-electron chi connectivity index (χ4n) is 0.804. The zero-order valence-electron chi connectivity index (χ0n) is 5.84. The molecule has 5 heteroatoms. The number of carbonyl (C=O) groups is 1. The molecule has 0 unspecified atom stereocenters. The highest BCUT2D eigenvalue weighted by atomic mass is 79.9. The number of primary amides is 1. The number of halogens is 2. The Morgan fingerprint density at radius 2 is 2.17 bits per heavy atom. The van der Waals surface area contributed by atoms with E-state index in [-0.39, 0.29) is 10.0 Å². The Kier molecular flexibility index (Phi) is 2.32. The highest BCUT2D eigenvalue weighted by Crippen LogP contribution is 2.26. The number of carbonyl (C=O) groups excluding carboxylic acids is 1. The van der Waals surface area contributed by atoms with Gasteiger partial charge in [-0.3, -0.25) is 4.79 Å². The average Bonchev–Trinajstić information content (AvgIpc) is 1.82. The summed E-state index contributed by atoms with van der Waals surface area (Å²) in [5.74, 6) is -1.90. The first-order valence-electron chi connectivity index (χ1n) is 3.00. The number of phenols is 1. The number of amides is 1. The molecule has 0 saturated carbocycles. The van der Waals surface area contributed by atoms with Crippen LogP contribution < -0.4 is 5.73 Å². The molecule has 0 aliphatic carbocycles. The van der Waals surface area contributed by atoms with Crippen LogP contribution in [0.4, 0.5) is 4.39 Å². The summed E-state index contributed by atoms with van der Waals surface area (Å²) in [6.45, 7) is 0. The van der Waals surface area contributed by atoms with Crippen molar-refractivity contribution in [2.24, 2.45) is 5.73 Å². The molecular formula is C7H5BrFNO2. The number of benzene rings is 1. The average molecular weight is 234 g/mol. The van der Waals surface area contributed by atoms with Crippen LogP contribution in [0.25, 0.3) is 0 Å². The van der Waals surface area contributed by atoms with Gasteiger partial charge < -0.3 is 10.8 Å². The lowest BCUT2D eigenvalue weighted by Gasteiger charge is -2.02. The Hall–Kier alpha value is -1.10. The lowest BCUT2D eigenvalue weighted by molar-refractivity contribution is 0.0997. The van der Waals surface area contributed by atoms with Crippen LogP contribution in [0.15, 0.2) is 16.6 Å². The SMILES string of the molecule is NC(=O)c1c(O)cc(F)cc1Br. The maximum Gasteiger partial charge on any atom is 0.253 e. The van der Waals surface area contributed by atoms with Crippen LogP contribution in [0.5, 0.6) is 5.75 Å². The first kappa shape index (κ1) is 8.99. The molecule has 0 heterocycles. The normalized spacial score (nSPS) is 9.83. The summed E-state index contributed by atoms with van der Waals surface area (Å²) in [5, 5.41) is 9.07. The molecule has 0 bridgehead atoms. The second-order valence-corrected chi connectivity index (χ2v) is 3.00. The Balaban J connectivity index is 3.38. The Labute approximate surface area is 76.1 Å². The first-order chi connectivity index (χ1) is 5.52. The van der Waals surface area contributed by atoms with Crippen molar-refractivity contribution in [1.29, 1.82) is 0 Å².